The molecule has 5 nitrogen and oxygen atoms in total. The summed E-state index contributed by atoms with van der Waals surface area (Å²) in [5.41, 5.74) is 2.09. The zero-order valence-electron chi connectivity index (χ0n) is 11.9. The number of carbonyl (C=O) groups is 1. The minimum Gasteiger partial charge on any atom is -0.334 e. The van der Waals surface area contributed by atoms with Crippen LogP contribution in [-0.2, 0) is 6.54 Å². The lowest BCUT2D eigenvalue weighted by Crippen LogP contribution is -2.39. The number of rotatable bonds is 5. The van der Waals surface area contributed by atoms with E-state index in [-0.39, 0.29) is 6.03 Å². The van der Waals surface area contributed by atoms with E-state index in [0.29, 0.717) is 19.6 Å². The van der Waals surface area contributed by atoms with Gasteiger partial charge in [-0.15, -0.1) is 0 Å². The number of para-hydroxylation sites is 1. The van der Waals surface area contributed by atoms with Crippen LogP contribution in [0, 0.1) is 0 Å². The van der Waals surface area contributed by atoms with Crippen LogP contribution in [0.15, 0.2) is 43.0 Å². The molecule has 2 aromatic rings. The summed E-state index contributed by atoms with van der Waals surface area (Å²) in [6.45, 7) is 5.88. The molecule has 0 saturated carbocycles. The second-order valence-electron chi connectivity index (χ2n) is 4.43. The summed E-state index contributed by atoms with van der Waals surface area (Å²) in [7, 11) is 0. The Bertz CT molecular complexity index is 547. The average Bonchev–Trinajstić information content (AvgIpc) is 3.01. The topological polar surface area (TPSA) is 50.2 Å². The quantitative estimate of drug-likeness (QED) is 0.908. The molecule has 0 spiro atoms. The van der Waals surface area contributed by atoms with Crippen molar-refractivity contribution >= 4 is 6.03 Å². The highest BCUT2D eigenvalue weighted by molar-refractivity contribution is 5.74. The molecular formula is C15H20N4O. The van der Waals surface area contributed by atoms with Gasteiger partial charge in [0.25, 0.3) is 0 Å². The van der Waals surface area contributed by atoms with E-state index in [9.17, 15) is 4.79 Å². The number of amides is 2. The summed E-state index contributed by atoms with van der Waals surface area (Å²) >= 11 is 0. The lowest BCUT2D eigenvalue weighted by molar-refractivity contribution is 0.203. The van der Waals surface area contributed by atoms with Gasteiger partial charge in [0.2, 0.25) is 0 Å². The molecule has 0 aliphatic rings. The molecule has 0 atom stereocenters. The lowest BCUT2D eigenvalue weighted by Gasteiger charge is -2.20. The molecular weight excluding hydrogens is 252 g/mol. The van der Waals surface area contributed by atoms with E-state index in [4.69, 9.17) is 0 Å². The van der Waals surface area contributed by atoms with Gasteiger partial charge in [0.1, 0.15) is 0 Å². The largest absolute Gasteiger partial charge is 0.334 e. The summed E-state index contributed by atoms with van der Waals surface area (Å²) < 4.78 is 1.94. The van der Waals surface area contributed by atoms with Gasteiger partial charge in [0.05, 0.1) is 12.0 Å². The van der Waals surface area contributed by atoms with Crippen LogP contribution in [0.3, 0.4) is 0 Å². The highest BCUT2D eigenvalue weighted by Crippen LogP contribution is 2.13. The van der Waals surface area contributed by atoms with Crippen molar-refractivity contribution in [3.8, 4) is 5.69 Å². The first-order valence-corrected chi connectivity index (χ1v) is 6.85. The Morgan fingerprint density at radius 2 is 2.05 bits per heavy atom. The standard InChI is InChI=1S/C15H20N4O/c1-3-18(4-2)15(20)17-11-13-7-5-6-8-14(13)19-10-9-16-12-19/h5-10,12H,3-4,11H2,1-2H3,(H,17,20). The molecule has 0 aliphatic carbocycles. The number of imidazole rings is 1. The molecule has 0 aliphatic heterocycles. The Hall–Kier alpha value is -2.30. The first-order valence-electron chi connectivity index (χ1n) is 6.85. The van der Waals surface area contributed by atoms with Crippen LogP contribution in [0.25, 0.3) is 5.69 Å². The van der Waals surface area contributed by atoms with E-state index in [1.165, 1.54) is 0 Å². The molecule has 0 fully saturated rings. The zero-order valence-corrected chi connectivity index (χ0v) is 11.9. The van der Waals surface area contributed by atoms with E-state index in [0.717, 1.165) is 11.3 Å². The monoisotopic (exact) mass is 272 g/mol. The normalized spacial score (nSPS) is 10.3. The van der Waals surface area contributed by atoms with Crippen LogP contribution in [0.4, 0.5) is 4.79 Å². The fraction of sp³-hybridized carbons (Fsp3) is 0.333. The summed E-state index contributed by atoms with van der Waals surface area (Å²) in [6.07, 6.45) is 5.39. The Morgan fingerprint density at radius 1 is 1.30 bits per heavy atom. The molecule has 2 amide bonds. The molecule has 5 heteroatoms. The number of nitrogens with one attached hydrogen (secondary N) is 1. The highest BCUT2D eigenvalue weighted by Gasteiger charge is 2.10. The zero-order chi connectivity index (χ0) is 14.4. The van der Waals surface area contributed by atoms with Gasteiger partial charge in [0.15, 0.2) is 0 Å². The second kappa shape index (κ2) is 6.75. The van der Waals surface area contributed by atoms with E-state index in [1.54, 1.807) is 17.4 Å². The number of nitrogens with zero attached hydrogens (tertiary/aromatic N) is 3. The molecule has 0 radical (unpaired) electrons. The Kier molecular flexibility index (Phi) is 4.76. The van der Waals surface area contributed by atoms with Crippen LogP contribution in [0.2, 0.25) is 0 Å². The maximum Gasteiger partial charge on any atom is 0.317 e. The van der Waals surface area contributed by atoms with Crippen LogP contribution in [0.5, 0.6) is 0 Å². The number of urea groups is 1. The summed E-state index contributed by atoms with van der Waals surface area (Å²) in [5.74, 6) is 0. The Labute approximate surface area is 119 Å². The smallest absolute Gasteiger partial charge is 0.317 e. The molecule has 1 N–H and O–H groups in total. The number of hydrogen-bond donors (Lipinski definition) is 1. The van der Waals surface area contributed by atoms with Crippen molar-refractivity contribution in [3.63, 3.8) is 0 Å². The van der Waals surface area contributed by atoms with Crippen LogP contribution in [-0.4, -0.2) is 33.6 Å². The third kappa shape index (κ3) is 3.17. The van der Waals surface area contributed by atoms with Gasteiger partial charge in [-0.2, -0.15) is 0 Å². The van der Waals surface area contributed by atoms with Gasteiger partial charge < -0.3 is 14.8 Å². The van der Waals surface area contributed by atoms with Crippen molar-refractivity contribution in [1.82, 2.24) is 19.8 Å². The van der Waals surface area contributed by atoms with E-state index in [1.807, 2.05) is 48.9 Å². The predicted molar refractivity (Wildman–Crippen MR) is 78.7 cm³/mol. The third-order valence-electron chi connectivity index (χ3n) is 3.25. The molecule has 1 aromatic heterocycles. The van der Waals surface area contributed by atoms with Crippen molar-refractivity contribution in [2.24, 2.45) is 0 Å². The van der Waals surface area contributed by atoms with Gasteiger partial charge in [-0.25, -0.2) is 9.78 Å². The number of carbonyl (C=O) groups excluding carboxylic acids is 1. The van der Waals surface area contributed by atoms with Gasteiger partial charge in [0, 0.05) is 32.0 Å². The number of hydrogen-bond acceptors (Lipinski definition) is 2. The van der Waals surface area contributed by atoms with Crippen LogP contribution < -0.4 is 5.32 Å². The Morgan fingerprint density at radius 3 is 2.70 bits per heavy atom. The SMILES string of the molecule is CCN(CC)C(=O)NCc1ccccc1-n1ccnc1. The molecule has 0 unspecified atom stereocenters. The van der Waals surface area contributed by atoms with Crippen molar-refractivity contribution in [3.05, 3.63) is 48.5 Å². The van der Waals surface area contributed by atoms with Crippen molar-refractivity contribution in [1.29, 1.82) is 0 Å². The van der Waals surface area contributed by atoms with Crippen molar-refractivity contribution in [2.45, 2.75) is 20.4 Å². The van der Waals surface area contributed by atoms with Gasteiger partial charge in [-0.1, -0.05) is 18.2 Å². The minimum absolute atomic E-state index is 0.0320. The first-order chi connectivity index (χ1) is 9.76. The van der Waals surface area contributed by atoms with Crippen LogP contribution in [0.1, 0.15) is 19.4 Å². The van der Waals surface area contributed by atoms with Crippen molar-refractivity contribution < 1.29 is 4.79 Å². The van der Waals surface area contributed by atoms with Gasteiger partial charge in [-0.05, 0) is 25.5 Å². The Balaban J connectivity index is 2.09. The predicted octanol–water partition coefficient (Wildman–Crippen LogP) is 2.42. The fourth-order valence-corrected chi connectivity index (χ4v) is 2.11. The highest BCUT2D eigenvalue weighted by atomic mass is 16.2. The molecule has 1 aromatic carbocycles. The third-order valence-corrected chi connectivity index (χ3v) is 3.25. The van der Waals surface area contributed by atoms with E-state index >= 15 is 0 Å². The lowest BCUT2D eigenvalue weighted by atomic mass is 10.1. The van der Waals surface area contributed by atoms with Gasteiger partial charge in [-0.3, -0.25) is 0 Å². The maximum absolute atomic E-state index is 12.0. The molecule has 1 heterocycles. The molecule has 0 saturated heterocycles. The number of aromatic nitrogens is 2. The van der Waals surface area contributed by atoms with E-state index < -0.39 is 0 Å². The number of benzene rings is 1. The molecule has 0 bridgehead atoms. The summed E-state index contributed by atoms with van der Waals surface area (Å²) in [4.78, 5) is 17.8. The summed E-state index contributed by atoms with van der Waals surface area (Å²) in [5, 5.41) is 2.96. The van der Waals surface area contributed by atoms with E-state index in [2.05, 4.69) is 10.3 Å². The van der Waals surface area contributed by atoms with Gasteiger partial charge >= 0.3 is 6.03 Å². The minimum atomic E-state index is -0.0320. The maximum atomic E-state index is 12.0. The molecule has 2 rings (SSSR count). The first kappa shape index (κ1) is 14.1. The summed E-state index contributed by atoms with van der Waals surface area (Å²) in [6, 6.07) is 7.94. The second-order valence-corrected chi connectivity index (χ2v) is 4.43. The molecule has 20 heavy (non-hydrogen) atoms. The van der Waals surface area contributed by atoms with Crippen molar-refractivity contribution in [2.75, 3.05) is 13.1 Å². The molecule has 106 valence electrons. The van der Waals surface area contributed by atoms with Crippen LogP contribution >= 0.6 is 0 Å². The fourth-order valence-electron chi connectivity index (χ4n) is 2.11. The average molecular weight is 272 g/mol.